The Balaban J connectivity index is 0.000000153. The monoisotopic (exact) mass is 728 g/mol. The molecule has 3 aromatic carbocycles. The number of fused-ring (bicyclic) bond motifs is 4. The molecule has 5 aliphatic heterocycles. The van der Waals surface area contributed by atoms with Crippen LogP contribution in [0.4, 0.5) is 11.6 Å². The molecule has 0 saturated heterocycles. The summed E-state index contributed by atoms with van der Waals surface area (Å²) in [5.74, 6) is 6.01. The number of methoxy groups -OCH3 is 3. The van der Waals surface area contributed by atoms with E-state index in [-0.39, 0.29) is 12.1 Å². The van der Waals surface area contributed by atoms with Gasteiger partial charge in [-0.1, -0.05) is 69.0 Å². The summed E-state index contributed by atoms with van der Waals surface area (Å²) < 4.78 is 25.2. The van der Waals surface area contributed by atoms with Crippen molar-refractivity contribution in [1.82, 2.24) is 39.0 Å². The highest BCUT2D eigenvalue weighted by Gasteiger charge is 2.25. The topological polar surface area (TPSA) is 176 Å². The summed E-state index contributed by atoms with van der Waals surface area (Å²) in [6.45, 7) is 11.2. The van der Waals surface area contributed by atoms with Crippen molar-refractivity contribution in [2.45, 2.75) is 46.1 Å². The SMILES string of the molecule is C=C(C)c1nc2c(N)ncn(Cc3ccc(OC)c(OC)c3)c-2n1.COC(c1ccccc1)n1cnc(N)c2nc(C(C)C)nc1-2.c1cc2cc(c1)OC2. The van der Waals surface area contributed by atoms with Crippen LogP contribution in [-0.4, -0.2) is 60.4 Å². The minimum absolute atomic E-state index is 0.220. The second-order valence-electron chi connectivity index (χ2n) is 12.8. The summed E-state index contributed by atoms with van der Waals surface area (Å²) in [6, 6.07) is 23.8. The van der Waals surface area contributed by atoms with Gasteiger partial charge in [0.05, 0.1) is 27.1 Å². The van der Waals surface area contributed by atoms with Gasteiger partial charge in [0, 0.05) is 18.6 Å². The van der Waals surface area contributed by atoms with Crippen LogP contribution in [0.25, 0.3) is 28.6 Å². The Labute approximate surface area is 314 Å². The number of aromatic nitrogens is 8. The number of anilines is 2. The van der Waals surface area contributed by atoms with E-state index in [1.165, 1.54) is 5.56 Å². The lowest BCUT2D eigenvalue weighted by molar-refractivity contribution is 0.0780. The van der Waals surface area contributed by atoms with Gasteiger partial charge < -0.3 is 35.0 Å². The molecule has 2 bridgehead atoms. The Bertz CT molecular complexity index is 2270. The number of ether oxygens (including phenoxy) is 4. The first-order valence-corrected chi connectivity index (χ1v) is 17.2. The van der Waals surface area contributed by atoms with Crippen LogP contribution in [0.3, 0.4) is 0 Å². The molecule has 4 N–H and O–H groups in total. The predicted molar refractivity (Wildman–Crippen MR) is 208 cm³/mol. The number of allylic oxidation sites excluding steroid dienone is 1. The zero-order valence-corrected chi connectivity index (χ0v) is 31.2. The molecule has 278 valence electrons. The Morgan fingerprint density at radius 3 is 2.19 bits per heavy atom. The molecule has 54 heavy (non-hydrogen) atoms. The van der Waals surface area contributed by atoms with E-state index < -0.39 is 0 Å². The number of rotatable bonds is 9. The van der Waals surface area contributed by atoms with Crippen LogP contribution in [0.15, 0.2) is 92.0 Å². The summed E-state index contributed by atoms with van der Waals surface area (Å²) in [4.78, 5) is 26.5. The molecule has 0 aromatic heterocycles. The van der Waals surface area contributed by atoms with Gasteiger partial charge in [0.2, 0.25) is 0 Å². The Kier molecular flexibility index (Phi) is 11.3. The lowest BCUT2D eigenvalue weighted by Crippen LogP contribution is -2.17. The second-order valence-corrected chi connectivity index (χ2v) is 12.8. The van der Waals surface area contributed by atoms with E-state index in [2.05, 4.69) is 48.6 Å². The van der Waals surface area contributed by atoms with Crippen molar-refractivity contribution in [3.8, 4) is 40.3 Å². The van der Waals surface area contributed by atoms with E-state index in [9.17, 15) is 0 Å². The molecular weight excluding hydrogens is 685 g/mol. The molecule has 14 nitrogen and oxygen atoms in total. The number of nitrogens with zero attached hydrogens (tertiary/aromatic N) is 8. The normalized spacial score (nSPS) is 12.1. The molecule has 0 spiro atoms. The molecule has 1 atom stereocenters. The summed E-state index contributed by atoms with van der Waals surface area (Å²) in [5, 5.41) is 0. The third kappa shape index (κ3) is 8.08. The largest absolute Gasteiger partial charge is 0.493 e. The summed E-state index contributed by atoms with van der Waals surface area (Å²) in [5.41, 5.74) is 17.2. The van der Waals surface area contributed by atoms with Crippen molar-refractivity contribution >= 4 is 17.2 Å². The minimum Gasteiger partial charge on any atom is -0.493 e. The maximum Gasteiger partial charge on any atom is 0.168 e. The van der Waals surface area contributed by atoms with Crippen molar-refractivity contribution < 1.29 is 18.9 Å². The summed E-state index contributed by atoms with van der Waals surface area (Å²) in [6.07, 6.45) is 2.98. The number of nitrogen functional groups attached to an aromatic ring is 2. The van der Waals surface area contributed by atoms with Crippen molar-refractivity contribution in [2.75, 3.05) is 32.8 Å². The number of hydrogen-bond acceptors (Lipinski definition) is 12. The maximum atomic E-state index is 5.95. The second kappa shape index (κ2) is 16.4. The van der Waals surface area contributed by atoms with Crippen LogP contribution >= 0.6 is 0 Å². The average Bonchev–Trinajstić information content (AvgIpc) is 3.93. The molecule has 0 aliphatic carbocycles. The van der Waals surface area contributed by atoms with Crippen LogP contribution in [0.5, 0.6) is 17.2 Å². The molecule has 0 fully saturated rings. The van der Waals surface area contributed by atoms with Crippen molar-refractivity contribution in [1.29, 1.82) is 0 Å². The van der Waals surface area contributed by atoms with Crippen LogP contribution < -0.4 is 25.7 Å². The Hall–Kier alpha value is -6.54. The molecule has 0 amide bonds. The molecule has 5 aliphatic rings. The fourth-order valence-corrected chi connectivity index (χ4v) is 5.73. The quantitative estimate of drug-likeness (QED) is 0.161. The summed E-state index contributed by atoms with van der Waals surface area (Å²) in [7, 11) is 4.88. The Morgan fingerprint density at radius 2 is 1.54 bits per heavy atom. The van der Waals surface area contributed by atoms with Gasteiger partial charge >= 0.3 is 0 Å². The highest BCUT2D eigenvalue weighted by molar-refractivity contribution is 5.70. The van der Waals surface area contributed by atoms with E-state index in [1.54, 1.807) is 34.0 Å². The number of benzene rings is 3. The standard InChI is InChI=1S/C17H19N5O2.C16H19N5O.C7H6O/c1-10(2)16-20-14-15(18)19-9-22(17(14)21-16)8-11-5-6-12(23-3)13(7-11)24-4;1-10(2)14-19-12-13(17)18-9-21(15(12)20-14)16(22-3)11-7-5-4-6-8-11;1-2-6-4-7(3-1)8-5-6/h5-7,9H,1,8,18H2,2-4H3;4-10,16H,17H2,1-3H3;1-4H,5H2. The first-order valence-electron chi connectivity index (χ1n) is 17.2. The van der Waals surface area contributed by atoms with Gasteiger partial charge in [-0.05, 0) is 47.9 Å². The lowest BCUT2D eigenvalue weighted by Gasteiger charge is -2.21. The smallest absolute Gasteiger partial charge is 0.168 e. The van der Waals surface area contributed by atoms with Crippen molar-refractivity contribution in [2.24, 2.45) is 0 Å². The highest BCUT2D eigenvalue weighted by atomic mass is 16.5. The minimum atomic E-state index is -0.325. The maximum absolute atomic E-state index is 5.95. The zero-order chi connectivity index (χ0) is 38.4. The third-order valence-corrected chi connectivity index (χ3v) is 8.52. The lowest BCUT2D eigenvalue weighted by atomic mass is 10.2. The van der Waals surface area contributed by atoms with Gasteiger partial charge in [-0.2, -0.15) is 0 Å². The van der Waals surface area contributed by atoms with Crippen LogP contribution in [0.1, 0.15) is 61.3 Å². The van der Waals surface area contributed by atoms with Gasteiger partial charge in [0.1, 0.15) is 24.5 Å². The van der Waals surface area contributed by atoms with Gasteiger partial charge in [-0.15, -0.1) is 0 Å². The average molecular weight is 729 g/mol. The Morgan fingerprint density at radius 1 is 0.815 bits per heavy atom. The van der Waals surface area contributed by atoms with Gasteiger partial charge in [0.15, 0.2) is 58.2 Å². The van der Waals surface area contributed by atoms with E-state index in [0.717, 1.165) is 34.9 Å². The molecule has 14 heteroatoms. The molecular formula is C40H44N10O4. The molecule has 0 saturated carbocycles. The predicted octanol–water partition coefficient (Wildman–Crippen LogP) is 6.71. The van der Waals surface area contributed by atoms with Crippen molar-refractivity contribution in [3.05, 3.63) is 120 Å². The third-order valence-electron chi connectivity index (χ3n) is 8.52. The zero-order valence-electron chi connectivity index (χ0n) is 31.2. The van der Waals surface area contributed by atoms with Crippen molar-refractivity contribution in [3.63, 3.8) is 0 Å². The highest BCUT2D eigenvalue weighted by Crippen LogP contribution is 2.32. The van der Waals surface area contributed by atoms with Gasteiger partial charge in [-0.25, -0.2) is 29.9 Å². The van der Waals surface area contributed by atoms with Crippen LogP contribution in [0.2, 0.25) is 0 Å². The molecule has 8 rings (SSSR count). The number of nitrogens with two attached hydrogens (primary N) is 2. The van der Waals surface area contributed by atoms with Gasteiger partial charge in [0.25, 0.3) is 0 Å². The first kappa shape index (κ1) is 37.2. The molecule has 0 radical (unpaired) electrons. The van der Waals surface area contributed by atoms with E-state index in [1.807, 2.05) is 90.6 Å². The first-order chi connectivity index (χ1) is 26.1. The van der Waals surface area contributed by atoms with Crippen LogP contribution in [0, 0.1) is 0 Å². The summed E-state index contributed by atoms with van der Waals surface area (Å²) >= 11 is 0. The van der Waals surface area contributed by atoms with Gasteiger partial charge in [-0.3, -0.25) is 4.57 Å². The number of hydrogen-bond donors (Lipinski definition) is 2. The molecule has 1 unspecified atom stereocenters. The number of imidazole rings is 2. The van der Waals surface area contributed by atoms with Crippen LogP contribution in [-0.2, 0) is 17.9 Å². The fraction of sp³-hybridized carbons (Fsp3) is 0.250. The van der Waals surface area contributed by atoms with E-state index >= 15 is 0 Å². The molecule has 5 heterocycles. The fourth-order valence-electron chi connectivity index (χ4n) is 5.73. The van der Waals surface area contributed by atoms with E-state index in [0.29, 0.717) is 58.5 Å². The molecule has 3 aromatic rings. The van der Waals surface area contributed by atoms with E-state index in [4.69, 9.17) is 30.4 Å².